The molecule has 0 aliphatic heterocycles. The molecule has 0 aromatic carbocycles. The van der Waals surface area contributed by atoms with Crippen LogP contribution in [0.25, 0.3) is 0 Å². The number of hydrogen-bond donors (Lipinski definition) is 0. The maximum absolute atomic E-state index is 5.88. The van der Waals surface area contributed by atoms with Crippen LogP contribution in [-0.2, 0) is 4.74 Å². The van der Waals surface area contributed by atoms with Gasteiger partial charge in [-0.25, -0.2) is 0 Å². The largest absolute Gasteiger partial charge is 0.378 e. The second-order valence-corrected chi connectivity index (χ2v) is 3.94. The van der Waals surface area contributed by atoms with Gasteiger partial charge in [-0.05, 0) is 18.8 Å². The third kappa shape index (κ3) is 6.09. The second kappa shape index (κ2) is 8.55. The molecule has 0 aromatic heterocycles. The van der Waals surface area contributed by atoms with Crippen molar-refractivity contribution in [3.05, 3.63) is 0 Å². The van der Waals surface area contributed by atoms with Gasteiger partial charge in [0.1, 0.15) is 0 Å². The molecular formula is C12H26O. The zero-order valence-electron chi connectivity index (χ0n) is 9.81. The number of rotatable bonds is 8. The van der Waals surface area contributed by atoms with Crippen LogP contribution >= 0.6 is 0 Å². The first kappa shape index (κ1) is 13.0. The van der Waals surface area contributed by atoms with Gasteiger partial charge in [-0.15, -0.1) is 0 Å². The zero-order valence-corrected chi connectivity index (χ0v) is 9.81. The average molecular weight is 186 g/mol. The van der Waals surface area contributed by atoms with Crippen molar-refractivity contribution in [1.29, 1.82) is 0 Å². The molecule has 0 aliphatic rings. The summed E-state index contributed by atoms with van der Waals surface area (Å²) in [4.78, 5) is 0. The second-order valence-electron chi connectivity index (χ2n) is 3.94. The molecule has 1 heteroatoms. The molecule has 1 nitrogen and oxygen atoms in total. The molecule has 0 saturated heterocycles. The van der Waals surface area contributed by atoms with Crippen LogP contribution in [-0.4, -0.2) is 12.7 Å². The van der Waals surface area contributed by atoms with Crippen molar-refractivity contribution >= 4 is 0 Å². The summed E-state index contributed by atoms with van der Waals surface area (Å²) in [5.41, 5.74) is 0. The van der Waals surface area contributed by atoms with Gasteiger partial charge in [0.05, 0.1) is 6.10 Å². The van der Waals surface area contributed by atoms with Crippen LogP contribution in [0.1, 0.15) is 59.8 Å². The highest BCUT2D eigenvalue weighted by atomic mass is 16.5. The summed E-state index contributed by atoms with van der Waals surface area (Å²) in [7, 11) is 0. The van der Waals surface area contributed by atoms with Gasteiger partial charge in [0, 0.05) is 6.61 Å². The quantitative estimate of drug-likeness (QED) is 0.520. The summed E-state index contributed by atoms with van der Waals surface area (Å²) in [5, 5.41) is 0. The highest BCUT2D eigenvalue weighted by molar-refractivity contribution is 4.64. The minimum atomic E-state index is 0.501. The van der Waals surface area contributed by atoms with E-state index in [2.05, 4.69) is 27.7 Å². The summed E-state index contributed by atoms with van der Waals surface area (Å²) < 4.78 is 5.88. The SMILES string of the molecule is CCCCOC(CCC)C(C)CC. The predicted molar refractivity (Wildman–Crippen MR) is 59.0 cm³/mol. The lowest BCUT2D eigenvalue weighted by Gasteiger charge is -2.22. The lowest BCUT2D eigenvalue weighted by molar-refractivity contribution is 0.00887. The maximum atomic E-state index is 5.88. The van der Waals surface area contributed by atoms with Gasteiger partial charge in [0.15, 0.2) is 0 Å². The summed E-state index contributed by atoms with van der Waals surface area (Å²) in [6.45, 7) is 9.94. The molecule has 0 amide bonds. The fraction of sp³-hybridized carbons (Fsp3) is 1.00. The van der Waals surface area contributed by atoms with Crippen molar-refractivity contribution in [2.75, 3.05) is 6.61 Å². The minimum Gasteiger partial charge on any atom is -0.378 e. The third-order valence-corrected chi connectivity index (χ3v) is 2.68. The Bertz CT molecular complexity index is 101. The van der Waals surface area contributed by atoms with Gasteiger partial charge in [-0.1, -0.05) is 47.0 Å². The first-order valence-electron chi connectivity index (χ1n) is 5.87. The Hall–Kier alpha value is -0.0400. The molecule has 13 heavy (non-hydrogen) atoms. The van der Waals surface area contributed by atoms with E-state index < -0.39 is 0 Å². The Kier molecular flexibility index (Phi) is 8.53. The molecular weight excluding hydrogens is 160 g/mol. The number of ether oxygens (including phenoxy) is 1. The van der Waals surface area contributed by atoms with Crippen molar-refractivity contribution in [3.8, 4) is 0 Å². The summed E-state index contributed by atoms with van der Waals surface area (Å²) in [5.74, 6) is 0.719. The van der Waals surface area contributed by atoms with Gasteiger partial charge < -0.3 is 4.74 Å². The van der Waals surface area contributed by atoms with Gasteiger partial charge in [0.2, 0.25) is 0 Å². The van der Waals surface area contributed by atoms with Crippen LogP contribution in [0.4, 0.5) is 0 Å². The zero-order chi connectivity index (χ0) is 10.1. The first-order valence-corrected chi connectivity index (χ1v) is 5.87. The highest BCUT2D eigenvalue weighted by Crippen LogP contribution is 2.16. The Balaban J connectivity index is 3.65. The van der Waals surface area contributed by atoms with E-state index >= 15 is 0 Å². The van der Waals surface area contributed by atoms with E-state index in [1.165, 1.54) is 32.1 Å². The van der Waals surface area contributed by atoms with Crippen LogP contribution in [0.2, 0.25) is 0 Å². The van der Waals surface area contributed by atoms with Gasteiger partial charge in [-0.3, -0.25) is 0 Å². The fourth-order valence-electron chi connectivity index (χ4n) is 1.46. The molecule has 0 fully saturated rings. The van der Waals surface area contributed by atoms with E-state index in [1.807, 2.05) is 0 Å². The lowest BCUT2D eigenvalue weighted by atomic mass is 9.98. The Morgan fingerprint density at radius 3 is 2.23 bits per heavy atom. The molecule has 0 aromatic rings. The molecule has 0 spiro atoms. The van der Waals surface area contributed by atoms with E-state index in [-0.39, 0.29) is 0 Å². The number of hydrogen-bond acceptors (Lipinski definition) is 1. The smallest absolute Gasteiger partial charge is 0.0600 e. The minimum absolute atomic E-state index is 0.501. The normalized spacial score (nSPS) is 15.7. The Morgan fingerprint density at radius 1 is 1.08 bits per heavy atom. The molecule has 2 unspecified atom stereocenters. The summed E-state index contributed by atoms with van der Waals surface area (Å²) in [6, 6.07) is 0. The van der Waals surface area contributed by atoms with E-state index in [9.17, 15) is 0 Å². The Labute approximate surface area is 83.9 Å². The third-order valence-electron chi connectivity index (χ3n) is 2.68. The van der Waals surface area contributed by atoms with Crippen LogP contribution in [0.3, 0.4) is 0 Å². The van der Waals surface area contributed by atoms with Crippen LogP contribution in [0.5, 0.6) is 0 Å². The van der Waals surface area contributed by atoms with Gasteiger partial charge in [-0.2, -0.15) is 0 Å². The standard InChI is InChI=1S/C12H26O/c1-5-8-10-13-12(9-6-2)11(4)7-3/h11-12H,5-10H2,1-4H3. The predicted octanol–water partition coefficient (Wildman–Crippen LogP) is 4.02. The van der Waals surface area contributed by atoms with Crippen molar-refractivity contribution in [3.63, 3.8) is 0 Å². The molecule has 0 bridgehead atoms. The molecule has 2 atom stereocenters. The van der Waals surface area contributed by atoms with Crippen LogP contribution < -0.4 is 0 Å². The topological polar surface area (TPSA) is 9.23 Å². The van der Waals surface area contributed by atoms with Crippen molar-refractivity contribution in [2.45, 2.75) is 65.9 Å². The van der Waals surface area contributed by atoms with Gasteiger partial charge in [0.25, 0.3) is 0 Å². The summed E-state index contributed by atoms with van der Waals surface area (Å²) in [6.07, 6.45) is 6.63. The van der Waals surface area contributed by atoms with Crippen molar-refractivity contribution in [1.82, 2.24) is 0 Å². The maximum Gasteiger partial charge on any atom is 0.0600 e. The van der Waals surface area contributed by atoms with E-state index in [1.54, 1.807) is 0 Å². The van der Waals surface area contributed by atoms with E-state index in [0.29, 0.717) is 6.10 Å². The number of unbranched alkanes of at least 4 members (excludes halogenated alkanes) is 1. The van der Waals surface area contributed by atoms with Gasteiger partial charge >= 0.3 is 0 Å². The van der Waals surface area contributed by atoms with E-state index in [0.717, 1.165) is 12.5 Å². The van der Waals surface area contributed by atoms with Crippen LogP contribution in [0.15, 0.2) is 0 Å². The molecule has 0 saturated carbocycles. The van der Waals surface area contributed by atoms with E-state index in [4.69, 9.17) is 4.74 Å². The average Bonchev–Trinajstić information content (AvgIpc) is 2.16. The highest BCUT2D eigenvalue weighted by Gasteiger charge is 2.14. The molecule has 0 N–H and O–H groups in total. The molecule has 0 rings (SSSR count). The summed E-state index contributed by atoms with van der Waals surface area (Å²) >= 11 is 0. The van der Waals surface area contributed by atoms with Crippen molar-refractivity contribution in [2.24, 2.45) is 5.92 Å². The lowest BCUT2D eigenvalue weighted by Crippen LogP contribution is -2.21. The van der Waals surface area contributed by atoms with Crippen LogP contribution in [0, 0.1) is 5.92 Å². The monoisotopic (exact) mass is 186 g/mol. The molecule has 0 radical (unpaired) electrons. The molecule has 0 aliphatic carbocycles. The Morgan fingerprint density at radius 2 is 1.77 bits per heavy atom. The molecule has 0 heterocycles. The first-order chi connectivity index (χ1) is 6.26. The fourth-order valence-corrected chi connectivity index (χ4v) is 1.46. The van der Waals surface area contributed by atoms with Crippen molar-refractivity contribution < 1.29 is 4.74 Å². The molecule has 80 valence electrons.